The summed E-state index contributed by atoms with van der Waals surface area (Å²) in [6, 6.07) is 14.6. The number of hydrogen-bond acceptors (Lipinski definition) is 1. The van der Waals surface area contributed by atoms with E-state index >= 15 is 0 Å². The molecule has 0 unspecified atom stereocenters. The average Bonchev–Trinajstić information content (AvgIpc) is 2.74. The predicted molar refractivity (Wildman–Crippen MR) is 143 cm³/mol. The summed E-state index contributed by atoms with van der Waals surface area (Å²) in [7, 11) is -1.47. The quantitative estimate of drug-likeness (QED) is 0.156. The molecule has 0 aliphatic rings. The van der Waals surface area contributed by atoms with Gasteiger partial charge in [0.1, 0.15) is 13.8 Å². The molecule has 0 spiro atoms. The summed E-state index contributed by atoms with van der Waals surface area (Å²) < 4.78 is 5.89. The van der Waals surface area contributed by atoms with E-state index in [4.69, 9.17) is 11.2 Å². The van der Waals surface area contributed by atoms with Crippen molar-refractivity contribution in [1.29, 1.82) is 0 Å². The van der Waals surface area contributed by atoms with Gasteiger partial charge in [-0.05, 0) is 47.3 Å². The Bertz CT molecular complexity index is 799. The molecule has 2 aromatic carbocycles. The molecule has 0 aliphatic heterocycles. The zero-order valence-corrected chi connectivity index (χ0v) is 21.9. The Labute approximate surface area is 193 Å². The molecule has 0 heterocycles. The Hall–Kier alpha value is -1.98. The lowest BCUT2D eigenvalue weighted by Gasteiger charge is -2.37. The molecule has 0 radical (unpaired) electrons. The zero-order valence-electron chi connectivity index (χ0n) is 20.9. The van der Waals surface area contributed by atoms with Crippen molar-refractivity contribution in [1.82, 2.24) is 0 Å². The van der Waals surface area contributed by atoms with E-state index in [1.165, 1.54) is 23.6 Å². The van der Waals surface area contributed by atoms with Crippen molar-refractivity contribution >= 4 is 18.8 Å². The molecule has 0 fully saturated rings. The molecule has 2 rings (SSSR count). The van der Waals surface area contributed by atoms with Gasteiger partial charge in [-0.2, -0.15) is 0 Å². The van der Waals surface area contributed by atoms with Gasteiger partial charge in [-0.3, -0.25) is 0 Å². The minimum atomic E-state index is -1.47. The third-order valence-electron chi connectivity index (χ3n) is 6.26. The monoisotopic (exact) mass is 436 g/mol. The summed E-state index contributed by atoms with van der Waals surface area (Å²) >= 11 is 0. The molecule has 0 aromatic heterocycles. The summed E-state index contributed by atoms with van der Waals surface area (Å²) in [5.41, 5.74) is 5.24. The highest BCUT2D eigenvalue weighted by Crippen LogP contribution is 2.40. The van der Waals surface area contributed by atoms with Crippen LogP contribution in [0.25, 0.3) is 10.8 Å². The summed E-state index contributed by atoms with van der Waals surface area (Å²) in [6.45, 7) is 16.7. The number of rotatable bonds is 10. The van der Waals surface area contributed by atoms with Crippen molar-refractivity contribution in [2.75, 3.05) is 6.61 Å². The largest absolute Gasteiger partial charge is 0.493 e. The predicted octanol–water partition coefficient (Wildman–Crippen LogP) is 9.19. The lowest BCUT2D eigenvalue weighted by atomic mass is 10.1. The Balaban J connectivity index is 0.000000348. The van der Waals surface area contributed by atoms with Crippen LogP contribution in [0.4, 0.5) is 0 Å². The molecule has 31 heavy (non-hydrogen) atoms. The second-order valence-corrected chi connectivity index (χ2v) is 14.9. The highest BCUT2D eigenvalue weighted by Gasteiger charge is 2.41. The van der Waals surface area contributed by atoms with Gasteiger partial charge >= 0.3 is 0 Å². The van der Waals surface area contributed by atoms with E-state index in [9.17, 15) is 0 Å². The smallest absolute Gasteiger partial charge is 0.145 e. The van der Waals surface area contributed by atoms with Gasteiger partial charge < -0.3 is 4.74 Å². The maximum atomic E-state index is 5.89. The third kappa shape index (κ3) is 7.89. The van der Waals surface area contributed by atoms with Crippen LogP contribution in [-0.4, -0.2) is 14.7 Å². The SMILES string of the molecule is C#C[Si](C(C)C)(C(C)C)C(C)C.CCC/C=C/CCCOc1cccc2ccccc12. The van der Waals surface area contributed by atoms with Crippen LogP contribution in [0.5, 0.6) is 5.75 Å². The first-order valence-corrected chi connectivity index (χ1v) is 14.3. The van der Waals surface area contributed by atoms with Gasteiger partial charge in [0.15, 0.2) is 0 Å². The number of hydrogen-bond donors (Lipinski definition) is 0. The number of benzene rings is 2. The van der Waals surface area contributed by atoms with Crippen LogP contribution in [0.3, 0.4) is 0 Å². The van der Waals surface area contributed by atoms with Gasteiger partial charge in [-0.15, -0.1) is 12.0 Å². The molecule has 0 saturated carbocycles. The van der Waals surface area contributed by atoms with Gasteiger partial charge in [0, 0.05) is 5.39 Å². The Morgan fingerprint density at radius 2 is 1.45 bits per heavy atom. The molecule has 1 nitrogen and oxygen atoms in total. The van der Waals surface area contributed by atoms with Crippen LogP contribution >= 0.6 is 0 Å². The highest BCUT2D eigenvalue weighted by molar-refractivity contribution is 6.90. The van der Waals surface area contributed by atoms with Gasteiger partial charge in [0.2, 0.25) is 0 Å². The minimum Gasteiger partial charge on any atom is -0.493 e. The number of allylic oxidation sites excluding steroid dienone is 2. The molecular formula is C29H44OSi. The van der Waals surface area contributed by atoms with Crippen LogP contribution in [0.2, 0.25) is 16.6 Å². The molecule has 2 heteroatoms. The van der Waals surface area contributed by atoms with Crippen molar-refractivity contribution in [2.24, 2.45) is 0 Å². The Morgan fingerprint density at radius 3 is 2.00 bits per heavy atom. The number of terminal acetylenes is 1. The summed E-state index contributed by atoms with van der Waals surface area (Å²) in [6.07, 6.45) is 14.8. The second kappa shape index (κ2) is 14.1. The first-order valence-electron chi connectivity index (χ1n) is 12.0. The molecular weight excluding hydrogens is 392 g/mol. The van der Waals surface area contributed by atoms with E-state index in [-0.39, 0.29) is 0 Å². The average molecular weight is 437 g/mol. The second-order valence-electron chi connectivity index (χ2n) is 9.27. The van der Waals surface area contributed by atoms with Gasteiger partial charge in [0.05, 0.1) is 6.61 Å². The van der Waals surface area contributed by atoms with Crippen molar-refractivity contribution in [3.8, 4) is 17.7 Å². The van der Waals surface area contributed by atoms with E-state index in [0.29, 0.717) is 16.6 Å². The maximum absolute atomic E-state index is 5.89. The van der Waals surface area contributed by atoms with Crippen LogP contribution in [0.1, 0.15) is 74.1 Å². The van der Waals surface area contributed by atoms with E-state index in [1.807, 2.05) is 0 Å². The van der Waals surface area contributed by atoms with Crippen LogP contribution in [0, 0.1) is 12.0 Å². The Morgan fingerprint density at radius 1 is 0.871 bits per heavy atom. The number of fused-ring (bicyclic) bond motifs is 1. The molecule has 0 bridgehead atoms. The highest BCUT2D eigenvalue weighted by atomic mass is 28.3. The molecule has 0 N–H and O–H groups in total. The lowest BCUT2D eigenvalue weighted by Crippen LogP contribution is -2.43. The van der Waals surface area contributed by atoms with Crippen molar-refractivity contribution in [3.05, 3.63) is 54.6 Å². The fraction of sp³-hybridized carbons (Fsp3) is 0.517. The molecule has 0 aliphatic carbocycles. The fourth-order valence-corrected chi connectivity index (χ4v) is 9.61. The molecule has 0 atom stereocenters. The van der Waals surface area contributed by atoms with Crippen LogP contribution in [0.15, 0.2) is 54.6 Å². The van der Waals surface area contributed by atoms with Crippen LogP contribution in [-0.2, 0) is 0 Å². The molecule has 0 amide bonds. The topological polar surface area (TPSA) is 9.23 Å². The normalized spacial score (nSPS) is 11.8. The lowest BCUT2D eigenvalue weighted by molar-refractivity contribution is 0.315. The van der Waals surface area contributed by atoms with Gasteiger partial charge in [0.25, 0.3) is 0 Å². The Kier molecular flexibility index (Phi) is 12.3. The number of ether oxygens (including phenoxy) is 1. The summed E-state index contributed by atoms with van der Waals surface area (Å²) in [5, 5.41) is 2.44. The third-order valence-corrected chi connectivity index (χ3v) is 12.5. The molecule has 170 valence electrons. The first-order chi connectivity index (χ1) is 14.8. The van der Waals surface area contributed by atoms with E-state index in [1.54, 1.807) is 0 Å². The fourth-order valence-electron chi connectivity index (χ4n) is 4.61. The molecule has 0 saturated heterocycles. The van der Waals surface area contributed by atoms with Crippen LogP contribution < -0.4 is 4.74 Å². The van der Waals surface area contributed by atoms with E-state index < -0.39 is 8.07 Å². The maximum Gasteiger partial charge on any atom is 0.145 e. The zero-order chi connectivity index (χ0) is 23.3. The first kappa shape index (κ1) is 27.1. The van der Waals surface area contributed by atoms with E-state index in [0.717, 1.165) is 25.2 Å². The number of unbranched alkanes of at least 4 members (excludes halogenated alkanes) is 2. The standard InChI is InChI=1S/C18H22O.C11H22Si/c1-2-3-4-5-6-9-15-19-18-14-10-12-16-11-7-8-13-17(16)18;1-8-12(9(2)3,10(4)5)11(6)7/h4-5,7-8,10-14H,2-3,6,9,15H2,1H3;1,9-11H,2-7H3/b5-4+;. The van der Waals surface area contributed by atoms with Crippen molar-refractivity contribution in [3.63, 3.8) is 0 Å². The summed E-state index contributed by atoms with van der Waals surface area (Å²) in [5.74, 6) is 0.996. The van der Waals surface area contributed by atoms with Gasteiger partial charge in [-0.25, -0.2) is 0 Å². The van der Waals surface area contributed by atoms with Gasteiger partial charge in [-0.1, -0.05) is 103 Å². The molecule has 2 aromatic rings. The minimum absolute atomic E-state index is 0.697. The van der Waals surface area contributed by atoms with E-state index in [2.05, 4.69) is 109 Å². The van der Waals surface area contributed by atoms with Crippen molar-refractivity contribution < 1.29 is 4.74 Å². The van der Waals surface area contributed by atoms with Crippen molar-refractivity contribution in [2.45, 2.75) is 90.8 Å². The summed E-state index contributed by atoms with van der Waals surface area (Å²) in [4.78, 5) is 0.